The summed E-state index contributed by atoms with van der Waals surface area (Å²) in [5.41, 5.74) is 14.7. The molecule has 2 nitrogen and oxygen atoms in total. The van der Waals surface area contributed by atoms with Crippen molar-refractivity contribution in [1.82, 2.24) is 4.57 Å². The van der Waals surface area contributed by atoms with Crippen LogP contribution < -0.4 is 4.90 Å². The van der Waals surface area contributed by atoms with Gasteiger partial charge in [-0.05, 0) is 87.1 Å². The molecule has 0 fully saturated rings. The maximum Gasteiger partial charge on any atom is 0.0547 e. The third-order valence-electron chi connectivity index (χ3n) is 10.7. The van der Waals surface area contributed by atoms with Gasteiger partial charge in [0.05, 0.1) is 16.7 Å². The Morgan fingerprint density at radius 3 is 1.82 bits per heavy atom. The summed E-state index contributed by atoms with van der Waals surface area (Å²) in [7, 11) is 0. The molecule has 1 aliphatic rings. The van der Waals surface area contributed by atoms with E-state index in [0.29, 0.717) is 0 Å². The van der Waals surface area contributed by atoms with Gasteiger partial charge in [-0.25, -0.2) is 0 Å². The van der Waals surface area contributed by atoms with E-state index in [1.165, 1.54) is 71.6 Å². The minimum Gasteiger partial charge on any atom is -0.310 e. The molecule has 0 amide bonds. The van der Waals surface area contributed by atoms with E-state index in [0.717, 1.165) is 17.1 Å². The quantitative estimate of drug-likeness (QED) is 0.173. The summed E-state index contributed by atoms with van der Waals surface area (Å²) < 4.78 is 2.44. The summed E-state index contributed by atoms with van der Waals surface area (Å²) in [5.74, 6) is 0. The first kappa shape index (κ1) is 27.9. The summed E-state index contributed by atoms with van der Waals surface area (Å²) in [6.07, 6.45) is 0. The monoisotopic (exact) mass is 626 g/mol. The zero-order chi connectivity index (χ0) is 32.7. The van der Waals surface area contributed by atoms with E-state index < -0.39 is 0 Å². The Morgan fingerprint density at radius 1 is 0.469 bits per heavy atom. The third kappa shape index (κ3) is 4.07. The van der Waals surface area contributed by atoms with Crippen molar-refractivity contribution in [3.63, 3.8) is 0 Å². The zero-order valence-electron chi connectivity index (χ0n) is 27.6. The lowest BCUT2D eigenvalue weighted by Crippen LogP contribution is -2.16. The van der Waals surface area contributed by atoms with Crippen LogP contribution in [0.25, 0.3) is 60.5 Å². The summed E-state index contributed by atoms with van der Waals surface area (Å²) >= 11 is 0. The van der Waals surface area contributed by atoms with Gasteiger partial charge in [0.2, 0.25) is 0 Å². The molecule has 1 aromatic heterocycles. The molecule has 0 saturated carbocycles. The lowest BCUT2D eigenvalue weighted by Gasteiger charge is -2.29. The van der Waals surface area contributed by atoms with Crippen molar-refractivity contribution in [2.75, 3.05) is 4.90 Å². The van der Waals surface area contributed by atoms with Crippen LogP contribution in [0.3, 0.4) is 0 Å². The van der Waals surface area contributed by atoms with E-state index in [1.54, 1.807) is 0 Å². The van der Waals surface area contributed by atoms with Crippen LogP contribution in [0.2, 0.25) is 0 Å². The summed E-state index contributed by atoms with van der Waals surface area (Å²) in [6, 6.07) is 62.4. The number of fused-ring (bicyclic) bond motifs is 3. The fraction of sp³-hybridized carbons (Fsp3) is 0.0638. The number of hydrogen-bond donors (Lipinski definition) is 0. The fourth-order valence-electron chi connectivity index (χ4n) is 8.45. The van der Waals surface area contributed by atoms with E-state index in [-0.39, 0.29) is 5.41 Å². The Morgan fingerprint density at radius 2 is 1.08 bits per heavy atom. The summed E-state index contributed by atoms with van der Waals surface area (Å²) in [4.78, 5) is 2.46. The van der Waals surface area contributed by atoms with E-state index >= 15 is 0 Å². The molecule has 49 heavy (non-hydrogen) atoms. The summed E-state index contributed by atoms with van der Waals surface area (Å²) in [6.45, 7) is 4.71. The van der Waals surface area contributed by atoms with Gasteiger partial charge in [0.25, 0.3) is 0 Å². The Bertz CT molecular complexity index is 2610. The molecule has 8 aromatic carbocycles. The van der Waals surface area contributed by atoms with Gasteiger partial charge in [0.1, 0.15) is 0 Å². The highest BCUT2D eigenvalue weighted by Crippen LogP contribution is 2.54. The highest BCUT2D eigenvalue weighted by molar-refractivity contribution is 6.24. The molecular weight excluding hydrogens is 593 g/mol. The van der Waals surface area contributed by atoms with E-state index in [1.807, 2.05) is 0 Å². The molecule has 9 aromatic rings. The first-order chi connectivity index (χ1) is 24.1. The van der Waals surface area contributed by atoms with Crippen molar-refractivity contribution < 1.29 is 0 Å². The second-order valence-electron chi connectivity index (χ2n) is 13.8. The molecule has 0 atom stereocenters. The maximum absolute atomic E-state index is 2.46. The number of benzene rings is 8. The van der Waals surface area contributed by atoms with Crippen LogP contribution in [0.1, 0.15) is 25.0 Å². The molecule has 232 valence electrons. The smallest absolute Gasteiger partial charge is 0.0547 e. The van der Waals surface area contributed by atoms with Crippen molar-refractivity contribution in [2.24, 2.45) is 0 Å². The Balaban J connectivity index is 1.22. The lowest BCUT2D eigenvalue weighted by molar-refractivity contribution is 0.660. The molecule has 0 unspecified atom stereocenters. The Kier molecular flexibility index (Phi) is 5.95. The number of anilines is 3. The minimum atomic E-state index is -0.0920. The first-order valence-electron chi connectivity index (χ1n) is 17.1. The number of aromatic nitrogens is 1. The highest BCUT2D eigenvalue weighted by atomic mass is 15.1. The molecule has 1 heterocycles. The fourth-order valence-corrected chi connectivity index (χ4v) is 8.45. The maximum atomic E-state index is 2.46. The number of nitrogens with zero attached hydrogens (tertiary/aromatic N) is 2. The molecule has 10 rings (SSSR count). The SMILES string of the molecule is CC1(C)c2ccccc2-c2c(N(c3ccc(-c4ccccc4)cc3)c3cccc(-n4c5cccc6ccc7cccc4c7c65)c3)cccc21. The minimum absolute atomic E-state index is 0.0920. The van der Waals surface area contributed by atoms with Crippen molar-refractivity contribution in [3.8, 4) is 27.9 Å². The van der Waals surface area contributed by atoms with Gasteiger partial charge >= 0.3 is 0 Å². The molecule has 0 radical (unpaired) electrons. The third-order valence-corrected chi connectivity index (χ3v) is 10.7. The van der Waals surface area contributed by atoms with Crippen molar-refractivity contribution in [2.45, 2.75) is 19.3 Å². The second-order valence-corrected chi connectivity index (χ2v) is 13.8. The van der Waals surface area contributed by atoms with Gasteiger partial charge in [-0.3, -0.25) is 0 Å². The van der Waals surface area contributed by atoms with Gasteiger partial charge in [-0.15, -0.1) is 0 Å². The lowest BCUT2D eigenvalue weighted by atomic mass is 9.82. The van der Waals surface area contributed by atoms with E-state index in [4.69, 9.17) is 0 Å². The molecular formula is C47H34N2. The molecule has 0 bridgehead atoms. The predicted molar refractivity (Wildman–Crippen MR) is 207 cm³/mol. The average molecular weight is 627 g/mol. The molecule has 0 spiro atoms. The molecule has 0 N–H and O–H groups in total. The van der Waals surface area contributed by atoms with Gasteiger partial charge in [-0.2, -0.15) is 0 Å². The highest BCUT2D eigenvalue weighted by Gasteiger charge is 2.37. The van der Waals surface area contributed by atoms with E-state index in [9.17, 15) is 0 Å². The van der Waals surface area contributed by atoms with Crippen molar-refractivity contribution >= 4 is 49.6 Å². The van der Waals surface area contributed by atoms with Gasteiger partial charge in [-0.1, -0.05) is 135 Å². The number of rotatable bonds is 5. The van der Waals surface area contributed by atoms with Crippen LogP contribution in [0.4, 0.5) is 17.1 Å². The molecule has 0 aliphatic heterocycles. The normalized spacial score (nSPS) is 13.3. The van der Waals surface area contributed by atoms with Crippen LogP contribution in [-0.4, -0.2) is 4.57 Å². The van der Waals surface area contributed by atoms with Crippen LogP contribution in [0, 0.1) is 0 Å². The largest absolute Gasteiger partial charge is 0.310 e. The standard InChI is InChI=1S/C47H34N2/c1-47(2)39-19-7-6-18-38(39)46-40(47)20-11-23-43(46)48(35-28-26-32(27-29-35)31-12-4-3-5-13-31)36-16-10-17-37(30-36)49-41-21-8-14-33-24-25-34-15-9-22-42(49)45(34)44(33)41/h3-30H,1-2H3. The molecule has 0 saturated heterocycles. The molecule has 2 heteroatoms. The van der Waals surface area contributed by atoms with Gasteiger partial charge in [0.15, 0.2) is 0 Å². The Hall–Kier alpha value is -6.12. The zero-order valence-corrected chi connectivity index (χ0v) is 27.6. The van der Waals surface area contributed by atoms with Crippen molar-refractivity contribution in [3.05, 3.63) is 181 Å². The summed E-state index contributed by atoms with van der Waals surface area (Å²) in [5, 5.41) is 5.21. The van der Waals surface area contributed by atoms with Crippen LogP contribution in [-0.2, 0) is 5.41 Å². The first-order valence-corrected chi connectivity index (χ1v) is 17.1. The molecule has 1 aliphatic carbocycles. The topological polar surface area (TPSA) is 8.17 Å². The van der Waals surface area contributed by atoms with Crippen molar-refractivity contribution in [1.29, 1.82) is 0 Å². The van der Waals surface area contributed by atoms with Gasteiger partial charge < -0.3 is 9.47 Å². The second kappa shape index (κ2) is 10.4. The number of hydrogen-bond acceptors (Lipinski definition) is 1. The predicted octanol–water partition coefficient (Wildman–Crippen LogP) is 12.8. The van der Waals surface area contributed by atoms with Crippen LogP contribution in [0.15, 0.2) is 170 Å². The van der Waals surface area contributed by atoms with Crippen LogP contribution in [0.5, 0.6) is 0 Å². The average Bonchev–Trinajstić information content (AvgIpc) is 3.62. The van der Waals surface area contributed by atoms with E-state index in [2.05, 4.69) is 193 Å². The van der Waals surface area contributed by atoms with Gasteiger partial charge in [0, 0.05) is 38.8 Å². The van der Waals surface area contributed by atoms with Crippen LogP contribution >= 0.6 is 0 Å². The Labute approximate surface area is 286 Å².